The van der Waals surface area contributed by atoms with Crippen LogP contribution in [-0.4, -0.2) is 31.0 Å². The predicted octanol–water partition coefficient (Wildman–Crippen LogP) is -0.407. The number of carbonyl (C=O) groups is 1. The van der Waals surface area contributed by atoms with Crippen LogP contribution in [0.1, 0.15) is 71.1 Å². The van der Waals surface area contributed by atoms with Gasteiger partial charge in [-0.15, -0.1) is 0 Å². The topological polar surface area (TPSA) is 43.4 Å². The van der Waals surface area contributed by atoms with Gasteiger partial charge in [-0.2, -0.15) is 0 Å². The molecule has 0 aliphatic carbocycles. The van der Waals surface area contributed by atoms with Gasteiger partial charge >= 0.3 is 51.4 Å². The molecule has 0 fully saturated rings. The van der Waals surface area contributed by atoms with E-state index in [1.54, 1.807) is 0 Å². The standard InChI is InChI=1S/C15H31NO2.K/c1-3-4-5-6-7-8-9-10-11-12-13-16(2)14-15(17)18;/h3-14H2,1-2H3,(H,17,18);/q;+1/p-1. The Labute approximate surface area is 161 Å². The second-order valence-electron chi connectivity index (χ2n) is 5.29. The summed E-state index contributed by atoms with van der Waals surface area (Å²) >= 11 is 0. The molecule has 0 atom stereocenters. The molecule has 0 radical (unpaired) electrons. The molecule has 0 saturated carbocycles. The minimum atomic E-state index is -0.982. The van der Waals surface area contributed by atoms with Gasteiger partial charge in [0.25, 0.3) is 0 Å². The molecule has 0 N–H and O–H groups in total. The number of carboxylic acids is 1. The Morgan fingerprint density at radius 1 is 0.895 bits per heavy atom. The Morgan fingerprint density at radius 2 is 1.32 bits per heavy atom. The summed E-state index contributed by atoms with van der Waals surface area (Å²) in [4.78, 5) is 12.2. The Kier molecular flexibility index (Phi) is 20.1. The van der Waals surface area contributed by atoms with E-state index in [2.05, 4.69) is 6.92 Å². The van der Waals surface area contributed by atoms with Gasteiger partial charge in [0.2, 0.25) is 0 Å². The molecule has 0 aliphatic heterocycles. The first-order chi connectivity index (χ1) is 8.66. The quantitative estimate of drug-likeness (QED) is 0.343. The Balaban J connectivity index is 0. The number of hydrogen-bond donors (Lipinski definition) is 0. The third kappa shape index (κ3) is 19.1. The van der Waals surface area contributed by atoms with Crippen LogP contribution in [0.2, 0.25) is 0 Å². The monoisotopic (exact) mass is 295 g/mol. The number of unbranched alkanes of at least 4 members (excludes halogenated alkanes) is 9. The summed E-state index contributed by atoms with van der Waals surface area (Å²) < 4.78 is 0. The number of rotatable bonds is 13. The van der Waals surface area contributed by atoms with Crippen LogP contribution in [0, 0.1) is 0 Å². The first-order valence-electron chi connectivity index (χ1n) is 7.55. The van der Waals surface area contributed by atoms with Gasteiger partial charge < -0.3 is 14.8 Å². The second kappa shape index (κ2) is 17.1. The van der Waals surface area contributed by atoms with E-state index >= 15 is 0 Å². The molecule has 0 aliphatic rings. The molecule has 3 nitrogen and oxygen atoms in total. The van der Waals surface area contributed by atoms with Crippen molar-refractivity contribution in [1.82, 2.24) is 4.90 Å². The van der Waals surface area contributed by atoms with Crippen LogP contribution in [0.5, 0.6) is 0 Å². The SMILES string of the molecule is CCCCCCCCCCCCN(C)CC(=O)[O-].[K+]. The third-order valence-corrected chi connectivity index (χ3v) is 3.29. The summed E-state index contributed by atoms with van der Waals surface area (Å²) in [6, 6.07) is 0. The molecule has 0 unspecified atom stereocenters. The van der Waals surface area contributed by atoms with Crippen molar-refractivity contribution < 1.29 is 61.3 Å². The van der Waals surface area contributed by atoms with Crippen molar-refractivity contribution in [2.45, 2.75) is 71.1 Å². The zero-order chi connectivity index (χ0) is 13.6. The van der Waals surface area contributed by atoms with E-state index in [4.69, 9.17) is 0 Å². The maximum absolute atomic E-state index is 10.3. The third-order valence-electron chi connectivity index (χ3n) is 3.29. The number of likely N-dealkylation sites (N-methyl/N-ethyl adjacent to an activating group) is 1. The van der Waals surface area contributed by atoms with Gasteiger partial charge in [0.15, 0.2) is 0 Å². The van der Waals surface area contributed by atoms with Gasteiger partial charge in [-0.3, -0.25) is 0 Å². The summed E-state index contributed by atoms with van der Waals surface area (Å²) in [5, 5.41) is 10.3. The van der Waals surface area contributed by atoms with Crippen LogP contribution < -0.4 is 56.5 Å². The van der Waals surface area contributed by atoms with E-state index in [1.165, 1.54) is 57.8 Å². The largest absolute Gasteiger partial charge is 1.00 e. The van der Waals surface area contributed by atoms with Gasteiger partial charge in [-0.1, -0.05) is 64.7 Å². The second-order valence-corrected chi connectivity index (χ2v) is 5.29. The Morgan fingerprint density at radius 3 is 1.74 bits per heavy atom. The Bertz CT molecular complexity index is 201. The van der Waals surface area contributed by atoms with E-state index in [9.17, 15) is 9.90 Å². The molecular formula is C15H30KNO2. The van der Waals surface area contributed by atoms with Gasteiger partial charge in [0, 0.05) is 6.54 Å². The van der Waals surface area contributed by atoms with Crippen molar-refractivity contribution in [1.29, 1.82) is 0 Å². The zero-order valence-corrected chi connectivity index (χ0v) is 16.4. The van der Waals surface area contributed by atoms with Gasteiger partial charge in [0.1, 0.15) is 0 Å². The summed E-state index contributed by atoms with van der Waals surface area (Å²) in [6.07, 6.45) is 13.1. The smallest absolute Gasteiger partial charge is 0.549 e. The van der Waals surface area contributed by atoms with Crippen LogP contribution in [0.4, 0.5) is 0 Å². The molecule has 0 aromatic rings. The van der Waals surface area contributed by atoms with Crippen LogP contribution in [-0.2, 0) is 4.79 Å². The maximum Gasteiger partial charge on any atom is 1.00 e. The van der Waals surface area contributed by atoms with E-state index in [1.807, 2.05) is 11.9 Å². The number of nitrogens with zero attached hydrogens (tertiary/aromatic N) is 1. The first-order valence-corrected chi connectivity index (χ1v) is 7.55. The Hall–Kier alpha value is 1.07. The molecular weight excluding hydrogens is 265 g/mol. The molecule has 19 heavy (non-hydrogen) atoms. The summed E-state index contributed by atoms with van der Waals surface area (Å²) in [5.41, 5.74) is 0. The van der Waals surface area contributed by atoms with Crippen molar-refractivity contribution in [2.24, 2.45) is 0 Å². The molecule has 0 saturated heterocycles. The minimum Gasteiger partial charge on any atom is -0.549 e. The van der Waals surface area contributed by atoms with Crippen molar-refractivity contribution >= 4 is 5.97 Å². The van der Waals surface area contributed by atoms with E-state index in [-0.39, 0.29) is 57.9 Å². The van der Waals surface area contributed by atoms with Crippen molar-refractivity contribution in [2.75, 3.05) is 20.1 Å². The minimum absolute atomic E-state index is 0. The van der Waals surface area contributed by atoms with Crippen molar-refractivity contribution in [3.05, 3.63) is 0 Å². The van der Waals surface area contributed by atoms with Crippen LogP contribution >= 0.6 is 0 Å². The number of aliphatic carboxylic acids is 1. The molecule has 0 heterocycles. The number of carboxylic acid groups (broad SMARTS) is 1. The van der Waals surface area contributed by atoms with E-state index < -0.39 is 5.97 Å². The summed E-state index contributed by atoms with van der Waals surface area (Å²) in [7, 11) is 1.84. The van der Waals surface area contributed by atoms with Gasteiger partial charge in [-0.05, 0) is 20.0 Å². The summed E-state index contributed by atoms with van der Waals surface area (Å²) in [5.74, 6) is -0.982. The van der Waals surface area contributed by atoms with Crippen LogP contribution in [0.3, 0.4) is 0 Å². The first kappa shape index (κ1) is 22.3. The molecule has 0 aromatic carbocycles. The van der Waals surface area contributed by atoms with Crippen LogP contribution in [0.25, 0.3) is 0 Å². The average molecular weight is 296 g/mol. The van der Waals surface area contributed by atoms with Crippen molar-refractivity contribution in [3.8, 4) is 0 Å². The fraction of sp³-hybridized carbons (Fsp3) is 0.933. The molecule has 0 bridgehead atoms. The number of hydrogen-bond acceptors (Lipinski definition) is 3. The average Bonchev–Trinajstić information content (AvgIpc) is 2.30. The van der Waals surface area contributed by atoms with E-state index in [0.717, 1.165) is 13.0 Å². The van der Waals surface area contributed by atoms with Crippen molar-refractivity contribution in [3.63, 3.8) is 0 Å². The number of carbonyl (C=O) groups excluding carboxylic acids is 1. The normalized spacial score (nSPS) is 10.5. The molecule has 0 aromatic heterocycles. The van der Waals surface area contributed by atoms with Gasteiger partial charge in [0.05, 0.1) is 5.97 Å². The molecule has 0 rings (SSSR count). The predicted molar refractivity (Wildman–Crippen MR) is 74.3 cm³/mol. The molecule has 0 spiro atoms. The molecule has 4 heteroatoms. The maximum atomic E-state index is 10.3. The fourth-order valence-corrected chi connectivity index (χ4v) is 2.17. The molecule has 0 amide bonds. The van der Waals surface area contributed by atoms with Gasteiger partial charge in [-0.25, -0.2) is 0 Å². The molecule has 108 valence electrons. The van der Waals surface area contributed by atoms with E-state index in [0.29, 0.717) is 0 Å². The summed E-state index contributed by atoms with van der Waals surface area (Å²) in [6.45, 7) is 3.17. The fourth-order valence-electron chi connectivity index (χ4n) is 2.17. The zero-order valence-electron chi connectivity index (χ0n) is 13.2. The van der Waals surface area contributed by atoms with Crippen LogP contribution in [0.15, 0.2) is 0 Å².